The van der Waals surface area contributed by atoms with Crippen LogP contribution in [-0.2, 0) is 6.54 Å². The molecule has 4 aliphatic carbocycles. The molecule has 36 heavy (non-hydrogen) atoms. The normalized spacial score (nSPS) is 28.2. The van der Waals surface area contributed by atoms with Gasteiger partial charge in [-0.15, -0.1) is 0 Å². The Labute approximate surface area is 212 Å². The summed E-state index contributed by atoms with van der Waals surface area (Å²) in [5, 5.41) is 39.1. The molecule has 0 saturated heterocycles. The van der Waals surface area contributed by atoms with Crippen LogP contribution in [0, 0.1) is 34.5 Å². The average molecular weight is 493 g/mol. The monoisotopic (exact) mass is 492 g/mol. The summed E-state index contributed by atoms with van der Waals surface area (Å²) in [7, 11) is 1.65. The van der Waals surface area contributed by atoms with E-state index in [1.54, 1.807) is 13.3 Å². The fourth-order valence-electron chi connectivity index (χ4n) is 7.09. The second-order valence-electron chi connectivity index (χ2n) is 10.8. The van der Waals surface area contributed by atoms with Crippen LogP contribution < -0.4 is 20.7 Å². The van der Waals surface area contributed by atoms with Crippen LogP contribution in [-0.4, -0.2) is 59.1 Å². The summed E-state index contributed by atoms with van der Waals surface area (Å²) in [4.78, 5) is 8.98. The van der Waals surface area contributed by atoms with Crippen molar-refractivity contribution in [1.29, 1.82) is 5.26 Å². The Morgan fingerprint density at radius 2 is 1.89 bits per heavy atom. The van der Waals surface area contributed by atoms with Gasteiger partial charge >= 0.3 is 0 Å². The molecule has 4 aliphatic rings. The minimum atomic E-state index is -0.248. The summed E-state index contributed by atoms with van der Waals surface area (Å²) in [6.45, 7) is 1.22. The van der Waals surface area contributed by atoms with E-state index in [0.717, 1.165) is 36.6 Å². The lowest BCUT2D eigenvalue weighted by Gasteiger charge is -2.60. The van der Waals surface area contributed by atoms with Crippen molar-refractivity contribution in [1.82, 2.24) is 15.3 Å². The molecule has 1 heterocycles. The lowest BCUT2D eigenvalue weighted by Crippen LogP contribution is -2.61. The smallest absolute Gasteiger partial charge is 0.224 e. The molecular formula is C27H36N6O3. The van der Waals surface area contributed by atoms with Crippen molar-refractivity contribution < 1.29 is 14.9 Å². The van der Waals surface area contributed by atoms with Crippen molar-refractivity contribution in [3.8, 4) is 11.8 Å². The molecule has 1 aromatic carbocycles. The number of hydrogen-bond acceptors (Lipinski definition) is 9. The number of benzene rings is 1. The number of para-hydroxylation sites is 1. The number of nitrogens with one attached hydrogen (secondary N) is 3. The summed E-state index contributed by atoms with van der Waals surface area (Å²) < 4.78 is 5.43. The molecule has 1 unspecified atom stereocenters. The molecular weight excluding hydrogens is 456 g/mol. The zero-order valence-corrected chi connectivity index (χ0v) is 20.8. The molecule has 4 fully saturated rings. The largest absolute Gasteiger partial charge is 0.496 e. The zero-order chi connectivity index (χ0) is 25.1. The van der Waals surface area contributed by atoms with Gasteiger partial charge in [0.15, 0.2) is 0 Å². The molecule has 6 rings (SSSR count). The summed E-state index contributed by atoms with van der Waals surface area (Å²) in [6, 6.07) is 10.1. The van der Waals surface area contributed by atoms with E-state index < -0.39 is 0 Å². The van der Waals surface area contributed by atoms with Gasteiger partial charge in [-0.1, -0.05) is 18.2 Å². The Hall–Kier alpha value is -2.93. The Morgan fingerprint density at radius 3 is 2.58 bits per heavy atom. The highest BCUT2D eigenvalue weighted by atomic mass is 16.5. The average Bonchev–Trinajstić information content (AvgIpc) is 2.90. The maximum atomic E-state index is 9.66. The Balaban J connectivity index is 1.26. The van der Waals surface area contributed by atoms with Crippen molar-refractivity contribution in [2.45, 2.75) is 50.7 Å². The van der Waals surface area contributed by atoms with Crippen LogP contribution >= 0.6 is 0 Å². The number of methoxy groups -OCH3 is 1. The number of aliphatic hydroxyl groups is 2. The van der Waals surface area contributed by atoms with Gasteiger partial charge in [0.1, 0.15) is 23.2 Å². The Kier molecular flexibility index (Phi) is 7.28. The molecule has 2 aromatic rings. The number of nitrogens with zero attached hydrogens (tertiary/aromatic N) is 3. The van der Waals surface area contributed by atoms with E-state index >= 15 is 0 Å². The van der Waals surface area contributed by atoms with Gasteiger partial charge in [-0.05, 0) is 61.3 Å². The van der Waals surface area contributed by atoms with Gasteiger partial charge in [0.05, 0.1) is 32.6 Å². The number of rotatable bonds is 11. The first kappa shape index (κ1) is 24.8. The first-order valence-corrected chi connectivity index (χ1v) is 12.9. The van der Waals surface area contributed by atoms with Crippen molar-refractivity contribution in [2.75, 3.05) is 37.5 Å². The van der Waals surface area contributed by atoms with E-state index in [9.17, 15) is 15.5 Å². The van der Waals surface area contributed by atoms with Crippen LogP contribution in [0.4, 0.5) is 11.8 Å². The van der Waals surface area contributed by atoms with Crippen molar-refractivity contribution in [3.63, 3.8) is 0 Å². The second kappa shape index (κ2) is 10.6. The predicted octanol–water partition coefficient (Wildman–Crippen LogP) is 2.52. The number of hydrogen-bond donors (Lipinski definition) is 5. The lowest BCUT2D eigenvalue weighted by atomic mass is 9.48. The SMILES string of the molecule is COc1ccccc1CNc1ncc(C#N)c(NC[C@]23CC4C[C@H](C2)[C@@H](NC(CO)CO)[C@@H](C4)C3)n1. The van der Waals surface area contributed by atoms with Crippen LogP contribution in [0.15, 0.2) is 30.5 Å². The third kappa shape index (κ3) is 4.99. The Morgan fingerprint density at radius 1 is 1.14 bits per heavy atom. The van der Waals surface area contributed by atoms with Crippen molar-refractivity contribution in [2.24, 2.45) is 23.2 Å². The maximum Gasteiger partial charge on any atom is 0.224 e. The van der Waals surface area contributed by atoms with Crippen LogP contribution in [0.3, 0.4) is 0 Å². The third-order valence-electron chi connectivity index (χ3n) is 8.44. The molecule has 0 spiro atoms. The lowest BCUT2D eigenvalue weighted by molar-refractivity contribution is -0.0747. The molecule has 0 radical (unpaired) electrons. The van der Waals surface area contributed by atoms with Crippen LogP contribution in [0.5, 0.6) is 5.75 Å². The minimum absolute atomic E-state index is 0.0410. The summed E-state index contributed by atoms with van der Waals surface area (Å²) >= 11 is 0. The van der Waals surface area contributed by atoms with Crippen molar-refractivity contribution >= 4 is 11.8 Å². The van der Waals surface area contributed by atoms with Gasteiger partial charge in [-0.3, -0.25) is 0 Å². The molecule has 192 valence electrons. The van der Waals surface area contributed by atoms with Gasteiger partial charge in [0.25, 0.3) is 0 Å². The summed E-state index contributed by atoms with van der Waals surface area (Å²) in [5.41, 5.74) is 1.63. The van der Waals surface area contributed by atoms with Crippen LogP contribution in [0.1, 0.15) is 43.2 Å². The zero-order valence-electron chi connectivity index (χ0n) is 20.8. The highest BCUT2D eigenvalue weighted by molar-refractivity contribution is 5.53. The van der Waals surface area contributed by atoms with E-state index in [1.165, 1.54) is 19.3 Å². The van der Waals surface area contributed by atoms with Crippen LogP contribution in [0.2, 0.25) is 0 Å². The van der Waals surface area contributed by atoms with E-state index in [-0.39, 0.29) is 24.7 Å². The van der Waals surface area contributed by atoms with E-state index in [0.29, 0.717) is 41.8 Å². The molecule has 4 saturated carbocycles. The number of anilines is 2. The third-order valence-corrected chi connectivity index (χ3v) is 8.44. The molecule has 9 heteroatoms. The quantitative estimate of drug-likeness (QED) is 0.321. The fourth-order valence-corrected chi connectivity index (χ4v) is 7.09. The molecule has 4 bridgehead atoms. The summed E-state index contributed by atoms with van der Waals surface area (Å²) in [6.07, 6.45) is 7.43. The van der Waals surface area contributed by atoms with Gasteiger partial charge in [-0.2, -0.15) is 10.2 Å². The van der Waals surface area contributed by atoms with Crippen molar-refractivity contribution in [3.05, 3.63) is 41.6 Å². The van der Waals surface area contributed by atoms with Gasteiger partial charge in [0, 0.05) is 24.7 Å². The summed E-state index contributed by atoms with van der Waals surface area (Å²) in [5.74, 6) is 3.67. The molecule has 5 atom stereocenters. The molecule has 9 nitrogen and oxygen atoms in total. The molecule has 1 aromatic heterocycles. The van der Waals surface area contributed by atoms with E-state index in [2.05, 4.69) is 32.0 Å². The highest BCUT2D eigenvalue weighted by Crippen LogP contribution is 2.60. The Bertz CT molecular complexity index is 1090. The van der Waals surface area contributed by atoms with E-state index in [1.807, 2.05) is 24.3 Å². The number of aromatic nitrogens is 2. The fraction of sp³-hybridized carbons (Fsp3) is 0.593. The minimum Gasteiger partial charge on any atom is -0.496 e. The van der Waals surface area contributed by atoms with Gasteiger partial charge in [-0.25, -0.2) is 4.98 Å². The standard InChI is InChI=1S/C27H36N6O3/c1-36-23-5-3-2-4-18(23)12-29-26-30-13-21(11-28)25(33-26)31-16-27-8-17-6-19(9-27)24(20(7-17)10-27)32-22(14-34)15-35/h2-5,13,17,19-20,22,24,32,34-35H,6-10,12,14-16H2,1H3,(H2,29,30,31,33)/t17?,19-,20+,24-,27-. The van der Waals surface area contributed by atoms with E-state index in [4.69, 9.17) is 4.74 Å². The number of aliphatic hydroxyl groups excluding tert-OH is 2. The molecule has 0 aliphatic heterocycles. The number of ether oxygens (including phenoxy) is 1. The topological polar surface area (TPSA) is 135 Å². The van der Waals surface area contributed by atoms with Gasteiger partial charge < -0.3 is 30.9 Å². The maximum absolute atomic E-state index is 9.66. The first-order chi connectivity index (χ1) is 17.6. The molecule has 5 N–H and O–H groups in total. The van der Waals surface area contributed by atoms with Gasteiger partial charge in [0.2, 0.25) is 5.95 Å². The molecule has 0 amide bonds. The van der Waals surface area contributed by atoms with Crippen LogP contribution in [0.25, 0.3) is 0 Å². The first-order valence-electron chi connectivity index (χ1n) is 12.9. The predicted molar refractivity (Wildman–Crippen MR) is 136 cm³/mol. The highest BCUT2D eigenvalue weighted by Gasteiger charge is 2.55. The second-order valence-corrected chi connectivity index (χ2v) is 10.8. The number of nitriles is 1.